The largest absolute Gasteiger partial charge is 0.455 e. The highest BCUT2D eigenvalue weighted by Crippen LogP contribution is 2.52. The lowest BCUT2D eigenvalue weighted by Gasteiger charge is -2.28. The average Bonchev–Trinajstić information content (AvgIpc) is 2.09. The Morgan fingerprint density at radius 3 is 1.26 bits per heavy atom. The summed E-state index contributed by atoms with van der Waals surface area (Å²) >= 11 is 9.24. The highest BCUT2D eigenvalue weighted by molar-refractivity contribution is 14.1. The number of nitrogens with zero attached hydrogens (tertiary/aromatic N) is 1. The number of furan rings is 2. The molecule has 3 nitrogen and oxygen atoms in total. The van der Waals surface area contributed by atoms with Gasteiger partial charge >= 0.3 is 0 Å². The second kappa shape index (κ2) is 22.3. The van der Waals surface area contributed by atoms with Crippen LogP contribution in [-0.2, 0) is 17.3 Å². The fourth-order valence-electron chi connectivity index (χ4n) is 12.9. The minimum absolute atomic E-state index is 0.0387. The zero-order valence-electron chi connectivity index (χ0n) is 47.5. The van der Waals surface area contributed by atoms with Gasteiger partial charge in [0.1, 0.15) is 22.3 Å². The molecule has 0 saturated carbocycles. The number of halogens is 3. The minimum Gasteiger partial charge on any atom is -0.455 e. The normalized spacial score (nSPS) is 13.1. The lowest BCUT2D eigenvalue weighted by Crippen LogP contribution is -2.16. The van der Waals surface area contributed by atoms with Crippen LogP contribution < -0.4 is 4.90 Å². The molecule has 85 heavy (non-hydrogen) atoms. The van der Waals surface area contributed by atoms with Crippen LogP contribution in [0, 0.1) is 3.57 Å². The average molecular weight is 1340 g/mol. The van der Waals surface area contributed by atoms with E-state index in [1.54, 1.807) is 0 Å². The van der Waals surface area contributed by atoms with Crippen LogP contribution in [0.1, 0.15) is 61.1 Å². The molecule has 16 rings (SSSR count). The standard InChI is InChI=1S/C39H28BrNO.C34H26O.C6H4BrI/c1-39(2)35-12-5-3-8-31(35)32-23-22-29(24-36(32)39)41(28-20-16-26(40)17-21-28)27-18-14-25(15-19-27)30-10-7-11-34-33-9-4-6-13-37(33)42-38(30)34;1-34(2)30-12-5-3-8-26(30)27-19-16-23(21-31(27)34)20-22-14-17-24(18-15-22)25-10-7-11-29-28-9-4-6-13-32(28)35-33(25)29;7-5-1-3-6(8)4-2-5/h3-24H,1-2H3;3-19,21H,20H2,1-2H3;1-4H. The first kappa shape index (κ1) is 54.7. The lowest BCUT2D eigenvalue weighted by atomic mass is 9.81. The van der Waals surface area contributed by atoms with Gasteiger partial charge in [-0.1, -0.05) is 242 Å². The Balaban J connectivity index is 0.000000135. The quantitative estimate of drug-likeness (QED) is 0.149. The molecule has 0 amide bonds. The first-order valence-corrected chi connectivity index (χ1v) is 31.5. The van der Waals surface area contributed by atoms with Gasteiger partial charge in [0.15, 0.2) is 0 Å². The summed E-state index contributed by atoms with van der Waals surface area (Å²) in [6, 6.07) is 95.4. The SMILES string of the molecule is Brc1ccc(I)cc1.CC1(C)c2ccccc2-c2ccc(Cc3ccc(-c4cccc5c4oc4ccccc45)cc3)cc21.CC1(C)c2ccccc2-c2ccc(N(c3ccc(Br)cc3)c3ccc(-c4cccc5c4oc4ccccc45)cc3)cc21. The number of para-hydroxylation sites is 4. The van der Waals surface area contributed by atoms with Gasteiger partial charge in [0.05, 0.1) is 0 Å². The van der Waals surface area contributed by atoms with Crippen molar-refractivity contribution in [2.75, 3.05) is 4.90 Å². The van der Waals surface area contributed by atoms with E-state index in [-0.39, 0.29) is 10.8 Å². The molecule has 12 aromatic carbocycles. The van der Waals surface area contributed by atoms with Crippen molar-refractivity contribution in [2.24, 2.45) is 0 Å². The summed E-state index contributed by atoms with van der Waals surface area (Å²) in [7, 11) is 0. The van der Waals surface area contributed by atoms with Crippen molar-refractivity contribution in [2.45, 2.75) is 44.9 Å². The van der Waals surface area contributed by atoms with Crippen LogP contribution in [0.3, 0.4) is 0 Å². The predicted octanol–water partition coefficient (Wildman–Crippen LogP) is 24.0. The van der Waals surface area contributed by atoms with Crippen LogP contribution in [0.4, 0.5) is 17.1 Å². The number of fused-ring (bicyclic) bond motifs is 12. The Bertz CT molecular complexity index is 4800. The van der Waals surface area contributed by atoms with Crippen molar-refractivity contribution >= 4 is 115 Å². The summed E-state index contributed by atoms with van der Waals surface area (Å²) in [5.41, 5.74) is 25.3. The zero-order valence-corrected chi connectivity index (χ0v) is 52.8. The van der Waals surface area contributed by atoms with E-state index >= 15 is 0 Å². The second-order valence-electron chi connectivity index (χ2n) is 23.2. The van der Waals surface area contributed by atoms with E-state index in [1.807, 2.05) is 36.4 Å². The first-order chi connectivity index (χ1) is 41.4. The minimum atomic E-state index is -0.0670. The van der Waals surface area contributed by atoms with Crippen molar-refractivity contribution in [3.63, 3.8) is 0 Å². The molecule has 14 aromatic rings. The number of anilines is 3. The van der Waals surface area contributed by atoms with Gasteiger partial charge in [-0.25, -0.2) is 0 Å². The third-order valence-corrected chi connectivity index (χ3v) is 19.1. The number of rotatable bonds is 7. The summed E-state index contributed by atoms with van der Waals surface area (Å²) in [5.74, 6) is 0. The van der Waals surface area contributed by atoms with Crippen molar-refractivity contribution in [3.05, 3.63) is 313 Å². The molecular weight excluding hydrogens is 1280 g/mol. The molecule has 0 fully saturated rings. The van der Waals surface area contributed by atoms with Gasteiger partial charge in [-0.3, -0.25) is 0 Å². The molecule has 0 bridgehead atoms. The summed E-state index contributed by atoms with van der Waals surface area (Å²) < 4.78 is 16.1. The van der Waals surface area contributed by atoms with E-state index in [9.17, 15) is 0 Å². The van der Waals surface area contributed by atoms with Gasteiger partial charge in [-0.05, 0) is 181 Å². The van der Waals surface area contributed by atoms with Crippen LogP contribution in [0.5, 0.6) is 0 Å². The molecule has 0 radical (unpaired) electrons. The second-order valence-corrected chi connectivity index (χ2v) is 26.3. The smallest absolute Gasteiger partial charge is 0.143 e. The molecule has 0 unspecified atom stereocenters. The topological polar surface area (TPSA) is 29.5 Å². The molecule has 0 aliphatic heterocycles. The zero-order chi connectivity index (χ0) is 58.0. The van der Waals surface area contributed by atoms with Gasteiger partial charge in [0.25, 0.3) is 0 Å². The highest BCUT2D eigenvalue weighted by atomic mass is 127. The van der Waals surface area contributed by atoms with Gasteiger partial charge in [0.2, 0.25) is 0 Å². The van der Waals surface area contributed by atoms with Gasteiger partial charge in [-0.15, -0.1) is 0 Å². The monoisotopic (exact) mass is 1340 g/mol. The molecule has 0 N–H and O–H groups in total. The highest BCUT2D eigenvalue weighted by Gasteiger charge is 2.37. The molecule has 6 heteroatoms. The Hall–Kier alpha value is -8.27. The Morgan fingerprint density at radius 1 is 0.341 bits per heavy atom. The molecule has 0 spiro atoms. The van der Waals surface area contributed by atoms with Crippen molar-refractivity contribution in [1.82, 2.24) is 0 Å². The Morgan fingerprint density at radius 2 is 0.729 bits per heavy atom. The van der Waals surface area contributed by atoms with Crippen LogP contribution in [0.25, 0.3) is 88.4 Å². The van der Waals surface area contributed by atoms with Gasteiger partial charge in [-0.2, -0.15) is 0 Å². The Kier molecular flexibility index (Phi) is 14.3. The van der Waals surface area contributed by atoms with Crippen LogP contribution in [0.2, 0.25) is 0 Å². The van der Waals surface area contributed by atoms with E-state index in [0.717, 1.165) is 82.2 Å². The Labute approximate surface area is 527 Å². The molecule has 2 heterocycles. The van der Waals surface area contributed by atoms with E-state index in [2.05, 4.69) is 318 Å². The van der Waals surface area contributed by atoms with Crippen LogP contribution >= 0.6 is 54.5 Å². The molecule has 2 aromatic heterocycles. The fraction of sp³-hybridized carbons (Fsp3) is 0.0886. The van der Waals surface area contributed by atoms with E-state index in [4.69, 9.17) is 8.83 Å². The van der Waals surface area contributed by atoms with Gasteiger partial charge < -0.3 is 13.7 Å². The summed E-state index contributed by atoms with van der Waals surface area (Å²) in [5, 5.41) is 4.63. The van der Waals surface area contributed by atoms with E-state index < -0.39 is 0 Å². The summed E-state index contributed by atoms with van der Waals surface area (Å²) in [6.07, 6.45) is 0.925. The van der Waals surface area contributed by atoms with Gasteiger partial charge in [0, 0.05) is 73.1 Å². The summed E-state index contributed by atoms with van der Waals surface area (Å²) in [6.45, 7) is 9.35. The molecule has 2 aliphatic rings. The van der Waals surface area contributed by atoms with Crippen molar-refractivity contribution < 1.29 is 8.83 Å². The van der Waals surface area contributed by atoms with Crippen LogP contribution in [-0.4, -0.2) is 0 Å². The number of benzene rings is 12. The third kappa shape index (κ3) is 10.1. The predicted molar refractivity (Wildman–Crippen MR) is 372 cm³/mol. The maximum atomic E-state index is 6.34. The number of hydrogen-bond acceptors (Lipinski definition) is 3. The molecule has 412 valence electrons. The van der Waals surface area contributed by atoms with Crippen LogP contribution in [0.15, 0.2) is 285 Å². The van der Waals surface area contributed by atoms with Crippen molar-refractivity contribution in [3.8, 4) is 44.5 Å². The first-order valence-electron chi connectivity index (χ1n) is 28.8. The maximum Gasteiger partial charge on any atom is 0.143 e. The fourth-order valence-corrected chi connectivity index (χ4v) is 13.8. The third-order valence-electron chi connectivity index (χ3n) is 17.3. The van der Waals surface area contributed by atoms with Crippen molar-refractivity contribution in [1.29, 1.82) is 0 Å². The lowest BCUT2D eigenvalue weighted by molar-refractivity contribution is 0.659. The molecule has 0 atom stereocenters. The molecular formula is C79H58Br2INO2. The number of hydrogen-bond donors (Lipinski definition) is 0. The molecule has 2 aliphatic carbocycles. The maximum absolute atomic E-state index is 6.34. The van der Waals surface area contributed by atoms with E-state index in [1.165, 1.54) is 75.5 Å². The summed E-state index contributed by atoms with van der Waals surface area (Å²) in [4.78, 5) is 2.34. The van der Waals surface area contributed by atoms with E-state index in [0.29, 0.717) is 0 Å². The molecule has 0 saturated heterocycles.